The van der Waals surface area contributed by atoms with Crippen LogP contribution in [0.15, 0.2) is 42.7 Å². The predicted octanol–water partition coefficient (Wildman–Crippen LogP) is 4.14. The third-order valence-corrected chi connectivity index (χ3v) is 5.75. The predicted molar refractivity (Wildman–Crippen MR) is 121 cm³/mol. The lowest BCUT2D eigenvalue weighted by Crippen LogP contribution is -2.45. The number of nitrogens with zero attached hydrogens (tertiary/aromatic N) is 3. The fraction of sp³-hybridized carbons (Fsp3) is 0.478. The van der Waals surface area contributed by atoms with E-state index in [-0.39, 0.29) is 24.3 Å². The van der Waals surface area contributed by atoms with E-state index < -0.39 is 17.8 Å². The lowest BCUT2D eigenvalue weighted by atomic mass is 10.1. The summed E-state index contributed by atoms with van der Waals surface area (Å²) in [5, 5.41) is 5.44. The minimum Gasteiger partial charge on any atom is -0.377 e. The first-order valence-electron chi connectivity index (χ1n) is 10.9. The Balaban J connectivity index is 1.80. The van der Waals surface area contributed by atoms with Gasteiger partial charge in [0.25, 0.3) is 0 Å². The Hall–Kier alpha value is -2.85. The Labute approximate surface area is 191 Å². The number of amides is 2. The Morgan fingerprint density at radius 2 is 2.00 bits per heavy atom. The molecule has 1 aromatic heterocycles. The molecule has 3 rings (SSSR count). The van der Waals surface area contributed by atoms with Crippen LogP contribution in [0.4, 0.5) is 29.3 Å². The van der Waals surface area contributed by atoms with Crippen LogP contribution in [0, 0.1) is 0 Å². The minimum absolute atomic E-state index is 0.0175. The number of nitrogens with one attached hydrogen (secondary N) is 2. The van der Waals surface area contributed by atoms with Gasteiger partial charge in [0.15, 0.2) is 0 Å². The molecule has 0 radical (unpaired) electrons. The first-order valence-corrected chi connectivity index (χ1v) is 10.9. The van der Waals surface area contributed by atoms with Crippen LogP contribution in [0.1, 0.15) is 30.5 Å². The Morgan fingerprint density at radius 1 is 1.27 bits per heavy atom. The van der Waals surface area contributed by atoms with Crippen LogP contribution in [0.25, 0.3) is 0 Å². The number of urea groups is 1. The Kier molecular flexibility index (Phi) is 8.15. The van der Waals surface area contributed by atoms with Crippen molar-refractivity contribution in [3.63, 3.8) is 0 Å². The molecule has 2 atom stereocenters. The van der Waals surface area contributed by atoms with Gasteiger partial charge in [-0.1, -0.05) is 6.92 Å². The van der Waals surface area contributed by atoms with E-state index in [9.17, 15) is 18.0 Å². The Bertz CT molecular complexity index is 924. The third kappa shape index (κ3) is 6.35. The lowest BCUT2D eigenvalue weighted by molar-refractivity contribution is -0.137. The molecule has 33 heavy (non-hydrogen) atoms. The Morgan fingerprint density at radius 3 is 2.64 bits per heavy atom. The van der Waals surface area contributed by atoms with E-state index in [1.165, 1.54) is 6.07 Å². The molecule has 180 valence electrons. The summed E-state index contributed by atoms with van der Waals surface area (Å²) in [6, 6.07) is 6.50. The summed E-state index contributed by atoms with van der Waals surface area (Å²) in [4.78, 5) is 20.7. The molecular weight excluding hydrogens is 435 g/mol. The molecule has 2 aromatic rings. The molecule has 1 saturated heterocycles. The number of morpholine rings is 1. The summed E-state index contributed by atoms with van der Waals surface area (Å²) in [7, 11) is 3.78. The summed E-state index contributed by atoms with van der Waals surface area (Å²) in [6.45, 7) is 3.76. The van der Waals surface area contributed by atoms with Gasteiger partial charge < -0.3 is 25.2 Å². The van der Waals surface area contributed by atoms with Gasteiger partial charge in [0.1, 0.15) is 0 Å². The number of halogens is 3. The smallest absolute Gasteiger partial charge is 0.377 e. The average molecular weight is 466 g/mol. The molecule has 1 aliphatic rings. The summed E-state index contributed by atoms with van der Waals surface area (Å²) in [6.07, 6.45) is -0.401. The van der Waals surface area contributed by atoms with Crippen molar-refractivity contribution in [2.45, 2.75) is 31.6 Å². The molecule has 10 heteroatoms. The summed E-state index contributed by atoms with van der Waals surface area (Å²) >= 11 is 0. The van der Waals surface area contributed by atoms with Gasteiger partial charge in [0.05, 0.1) is 42.2 Å². The van der Waals surface area contributed by atoms with Gasteiger partial charge in [-0.2, -0.15) is 13.2 Å². The van der Waals surface area contributed by atoms with E-state index in [0.717, 1.165) is 24.1 Å². The lowest BCUT2D eigenvalue weighted by Gasteiger charge is -2.38. The number of carbonyl (C=O) groups excluding carboxylic acids is 1. The van der Waals surface area contributed by atoms with Gasteiger partial charge in [0.2, 0.25) is 0 Å². The van der Waals surface area contributed by atoms with Gasteiger partial charge >= 0.3 is 12.2 Å². The van der Waals surface area contributed by atoms with Crippen molar-refractivity contribution < 1.29 is 22.7 Å². The largest absolute Gasteiger partial charge is 0.416 e. The zero-order valence-electron chi connectivity index (χ0n) is 19.0. The number of likely N-dealkylation sites (N-methyl/N-ethyl adjacent to an activating group) is 1. The van der Waals surface area contributed by atoms with Crippen LogP contribution in [0.2, 0.25) is 0 Å². The van der Waals surface area contributed by atoms with Crippen molar-refractivity contribution in [2.24, 2.45) is 0 Å². The summed E-state index contributed by atoms with van der Waals surface area (Å²) < 4.78 is 45.7. The van der Waals surface area contributed by atoms with Gasteiger partial charge in [-0.05, 0) is 56.4 Å². The fourth-order valence-corrected chi connectivity index (χ4v) is 3.91. The van der Waals surface area contributed by atoms with E-state index in [2.05, 4.69) is 15.6 Å². The van der Waals surface area contributed by atoms with Crippen LogP contribution >= 0.6 is 0 Å². The molecular formula is C23H30F3N5O2. The van der Waals surface area contributed by atoms with Crippen molar-refractivity contribution in [2.75, 3.05) is 50.6 Å². The van der Waals surface area contributed by atoms with E-state index in [0.29, 0.717) is 25.4 Å². The fourth-order valence-electron chi connectivity index (χ4n) is 3.91. The molecule has 0 saturated carbocycles. The average Bonchev–Trinajstić information content (AvgIpc) is 2.79. The molecule has 2 unspecified atom stereocenters. The molecule has 2 amide bonds. The number of ether oxygens (including phenoxy) is 1. The van der Waals surface area contributed by atoms with Crippen LogP contribution in [0.3, 0.4) is 0 Å². The van der Waals surface area contributed by atoms with Gasteiger partial charge in [-0.15, -0.1) is 0 Å². The third-order valence-electron chi connectivity index (χ3n) is 5.75. The number of carbonyl (C=O) groups is 1. The minimum atomic E-state index is -4.52. The van der Waals surface area contributed by atoms with Gasteiger partial charge in [-0.3, -0.25) is 4.98 Å². The van der Waals surface area contributed by atoms with Gasteiger partial charge in [0, 0.05) is 25.5 Å². The van der Waals surface area contributed by atoms with Crippen molar-refractivity contribution in [1.82, 2.24) is 15.2 Å². The highest BCUT2D eigenvalue weighted by molar-refractivity contribution is 5.93. The second kappa shape index (κ2) is 10.8. The number of pyridine rings is 1. The second-order valence-corrected chi connectivity index (χ2v) is 8.16. The van der Waals surface area contributed by atoms with Crippen molar-refractivity contribution in [3.8, 4) is 0 Å². The second-order valence-electron chi connectivity index (χ2n) is 8.16. The molecule has 0 bridgehead atoms. The molecule has 1 fully saturated rings. The number of hydrogen-bond donors (Lipinski definition) is 2. The summed E-state index contributed by atoms with van der Waals surface area (Å²) in [5.41, 5.74) is 0.819. The number of anilines is 2. The van der Waals surface area contributed by atoms with Crippen LogP contribution in [0.5, 0.6) is 0 Å². The maximum Gasteiger partial charge on any atom is 0.416 e. The quantitative estimate of drug-likeness (QED) is 0.643. The zero-order valence-corrected chi connectivity index (χ0v) is 19.0. The summed E-state index contributed by atoms with van der Waals surface area (Å²) in [5.74, 6) is 0. The van der Waals surface area contributed by atoms with E-state index in [1.54, 1.807) is 12.4 Å². The van der Waals surface area contributed by atoms with Crippen LogP contribution in [-0.4, -0.2) is 62.4 Å². The van der Waals surface area contributed by atoms with Crippen LogP contribution in [-0.2, 0) is 10.9 Å². The first-order chi connectivity index (χ1) is 15.7. The highest BCUT2D eigenvalue weighted by Crippen LogP contribution is 2.37. The molecule has 1 aliphatic heterocycles. The van der Waals surface area contributed by atoms with Crippen molar-refractivity contribution in [3.05, 3.63) is 53.9 Å². The van der Waals surface area contributed by atoms with E-state index in [4.69, 9.17) is 4.74 Å². The highest BCUT2D eigenvalue weighted by Gasteiger charge is 2.33. The number of aromatic nitrogens is 1. The maximum absolute atomic E-state index is 13.4. The monoisotopic (exact) mass is 465 g/mol. The first kappa shape index (κ1) is 24.8. The maximum atomic E-state index is 13.4. The molecule has 7 nitrogen and oxygen atoms in total. The van der Waals surface area contributed by atoms with Crippen molar-refractivity contribution in [1.29, 1.82) is 0 Å². The number of alkyl halides is 3. The van der Waals surface area contributed by atoms with E-state index >= 15 is 0 Å². The topological polar surface area (TPSA) is 69.7 Å². The highest BCUT2D eigenvalue weighted by atomic mass is 19.4. The number of rotatable bonds is 7. The standard InChI is InChI=1S/C23H30F3N5O2/c1-4-18-15-33-12-11-31(18)20-6-5-17(23(24,25)26)13-19(20)29-22(32)28-14-21(30(2)3)16-7-9-27-10-8-16/h5-10,13,18,21H,4,11-12,14-15H2,1-3H3,(H2,28,29,32). The van der Waals surface area contributed by atoms with Gasteiger partial charge in [-0.25, -0.2) is 4.79 Å². The molecule has 2 heterocycles. The van der Waals surface area contributed by atoms with Crippen LogP contribution < -0.4 is 15.5 Å². The number of hydrogen-bond acceptors (Lipinski definition) is 5. The SMILES string of the molecule is CCC1COCCN1c1ccc(C(F)(F)F)cc1NC(=O)NCC(c1ccncc1)N(C)C. The normalized spacial score (nSPS) is 17.7. The van der Waals surface area contributed by atoms with Crippen molar-refractivity contribution >= 4 is 17.4 Å². The molecule has 1 aromatic carbocycles. The molecule has 2 N–H and O–H groups in total. The number of benzene rings is 1. The van der Waals surface area contributed by atoms with E-state index in [1.807, 2.05) is 43.0 Å². The molecule has 0 aliphatic carbocycles. The molecule has 0 spiro atoms. The zero-order chi connectivity index (χ0) is 24.0.